The number of aliphatic hydroxyl groups excluding tert-OH is 2. The third-order valence-electron chi connectivity index (χ3n) is 3.73. The lowest BCUT2D eigenvalue weighted by Crippen LogP contribution is -2.25. The monoisotopic (exact) mass is 386 g/mol. The van der Waals surface area contributed by atoms with E-state index in [-0.39, 0.29) is 25.4 Å². The maximum absolute atomic E-state index is 11.3. The van der Waals surface area contributed by atoms with Crippen LogP contribution in [-0.2, 0) is 9.53 Å². The number of esters is 1. The molecule has 0 aliphatic carbocycles. The number of carbonyl (C=O) groups is 1. The molecule has 28 heavy (non-hydrogen) atoms. The summed E-state index contributed by atoms with van der Waals surface area (Å²) in [5.41, 5.74) is 2.30. The maximum atomic E-state index is 11.3. The second-order valence-corrected chi connectivity index (χ2v) is 6.55. The van der Waals surface area contributed by atoms with Crippen LogP contribution in [0.2, 0.25) is 0 Å². The van der Waals surface area contributed by atoms with Crippen LogP contribution in [0.1, 0.15) is 13.8 Å². The lowest BCUT2D eigenvalue weighted by atomic mass is 10.1. The van der Waals surface area contributed by atoms with E-state index in [0.717, 1.165) is 11.1 Å². The Morgan fingerprint density at radius 1 is 0.893 bits per heavy atom. The molecule has 2 aromatic carbocycles. The van der Waals surface area contributed by atoms with Crippen LogP contribution in [0.25, 0.3) is 11.1 Å². The summed E-state index contributed by atoms with van der Waals surface area (Å²) in [5.74, 6) is 0.766. The lowest BCUT2D eigenvalue weighted by Gasteiger charge is -2.13. The van der Waals surface area contributed by atoms with Crippen molar-refractivity contribution in [2.75, 3.05) is 19.8 Å². The van der Waals surface area contributed by atoms with Crippen molar-refractivity contribution in [3.63, 3.8) is 0 Å². The number of hydrogen-bond acceptors (Lipinski definition) is 6. The van der Waals surface area contributed by atoms with Gasteiger partial charge in [0.1, 0.15) is 37.4 Å². The molecule has 0 saturated carbocycles. The Morgan fingerprint density at radius 2 is 1.36 bits per heavy atom. The Kier molecular flexibility index (Phi) is 8.04. The fourth-order valence-corrected chi connectivity index (χ4v) is 2.24. The standard InChI is InChI=1S/C22H26O6/c1-15(2)22(25)28-14-19(24)13-27-21-10-6-18(7-11-21)17-4-8-20(9-5-17)26-12-16(3)23/h4-11,16,19,23-24H,1,12-14H2,2-3H3. The van der Waals surface area contributed by atoms with Gasteiger partial charge in [0, 0.05) is 5.57 Å². The Morgan fingerprint density at radius 3 is 1.79 bits per heavy atom. The van der Waals surface area contributed by atoms with Crippen molar-refractivity contribution in [1.29, 1.82) is 0 Å². The molecule has 2 atom stereocenters. The molecule has 0 aromatic heterocycles. The van der Waals surface area contributed by atoms with Gasteiger partial charge < -0.3 is 24.4 Å². The Hall–Kier alpha value is -2.83. The van der Waals surface area contributed by atoms with Gasteiger partial charge in [-0.05, 0) is 49.2 Å². The van der Waals surface area contributed by atoms with Gasteiger partial charge in [-0.2, -0.15) is 0 Å². The normalized spacial score (nSPS) is 12.7. The first-order chi connectivity index (χ1) is 13.3. The van der Waals surface area contributed by atoms with Gasteiger partial charge in [-0.15, -0.1) is 0 Å². The third-order valence-corrected chi connectivity index (χ3v) is 3.73. The Bertz CT molecular complexity index is 765. The molecule has 2 rings (SSSR count). The average Bonchev–Trinajstić information content (AvgIpc) is 2.69. The Labute approximate surface area is 165 Å². The predicted molar refractivity (Wildman–Crippen MR) is 106 cm³/mol. The molecule has 6 heteroatoms. The van der Waals surface area contributed by atoms with Crippen molar-refractivity contribution >= 4 is 5.97 Å². The second kappa shape index (κ2) is 10.5. The van der Waals surface area contributed by atoms with E-state index >= 15 is 0 Å². The van der Waals surface area contributed by atoms with Crippen molar-refractivity contribution < 1.29 is 29.2 Å². The van der Waals surface area contributed by atoms with Crippen molar-refractivity contribution in [3.05, 3.63) is 60.7 Å². The molecule has 0 aliphatic heterocycles. The smallest absolute Gasteiger partial charge is 0.333 e. The van der Waals surface area contributed by atoms with E-state index in [4.69, 9.17) is 14.2 Å². The van der Waals surface area contributed by atoms with Gasteiger partial charge in [0.15, 0.2) is 0 Å². The zero-order chi connectivity index (χ0) is 20.5. The fraction of sp³-hybridized carbons (Fsp3) is 0.318. The summed E-state index contributed by atoms with van der Waals surface area (Å²) in [6.45, 7) is 6.81. The largest absolute Gasteiger partial charge is 0.491 e. The van der Waals surface area contributed by atoms with Crippen LogP contribution < -0.4 is 9.47 Å². The van der Waals surface area contributed by atoms with E-state index in [0.29, 0.717) is 11.5 Å². The first-order valence-electron chi connectivity index (χ1n) is 9.00. The summed E-state index contributed by atoms with van der Waals surface area (Å²) < 4.78 is 15.8. The minimum absolute atomic E-state index is 0.0120. The van der Waals surface area contributed by atoms with E-state index in [1.807, 2.05) is 36.4 Å². The topological polar surface area (TPSA) is 85.2 Å². The molecule has 0 amide bonds. The van der Waals surface area contributed by atoms with E-state index in [2.05, 4.69) is 6.58 Å². The molecule has 150 valence electrons. The van der Waals surface area contributed by atoms with Gasteiger partial charge in [0.25, 0.3) is 0 Å². The average molecular weight is 386 g/mol. The summed E-state index contributed by atoms with van der Waals surface area (Å²) in [7, 11) is 0. The highest BCUT2D eigenvalue weighted by molar-refractivity contribution is 5.86. The van der Waals surface area contributed by atoms with Gasteiger partial charge in [-0.25, -0.2) is 4.79 Å². The van der Waals surface area contributed by atoms with Crippen LogP contribution in [0, 0.1) is 0 Å². The summed E-state index contributed by atoms with van der Waals surface area (Å²) in [4.78, 5) is 11.3. The molecule has 0 saturated heterocycles. The van der Waals surface area contributed by atoms with Crippen LogP contribution >= 0.6 is 0 Å². The predicted octanol–water partition coefficient (Wildman–Crippen LogP) is 2.97. The molecule has 0 bridgehead atoms. The summed E-state index contributed by atoms with van der Waals surface area (Å²) in [6.07, 6.45) is -1.43. The van der Waals surface area contributed by atoms with Gasteiger partial charge in [-0.3, -0.25) is 0 Å². The first-order valence-corrected chi connectivity index (χ1v) is 9.00. The summed E-state index contributed by atoms with van der Waals surface area (Å²) in [6, 6.07) is 15.0. The zero-order valence-corrected chi connectivity index (χ0v) is 16.1. The number of ether oxygens (including phenoxy) is 3. The molecule has 2 N–H and O–H groups in total. The second-order valence-electron chi connectivity index (χ2n) is 6.55. The van der Waals surface area contributed by atoms with Crippen LogP contribution in [-0.4, -0.2) is 48.2 Å². The highest BCUT2D eigenvalue weighted by Gasteiger charge is 2.10. The van der Waals surface area contributed by atoms with Gasteiger partial charge in [0.2, 0.25) is 0 Å². The van der Waals surface area contributed by atoms with Crippen molar-refractivity contribution in [1.82, 2.24) is 0 Å². The van der Waals surface area contributed by atoms with E-state index in [9.17, 15) is 15.0 Å². The van der Waals surface area contributed by atoms with Gasteiger partial charge in [0.05, 0.1) is 6.10 Å². The maximum Gasteiger partial charge on any atom is 0.333 e. The quantitative estimate of drug-likeness (QED) is 0.482. The first kappa shape index (κ1) is 21.5. The SMILES string of the molecule is C=C(C)C(=O)OCC(O)COc1ccc(-c2ccc(OCC(C)O)cc2)cc1. The summed E-state index contributed by atoms with van der Waals surface area (Å²) in [5, 5.41) is 19.1. The van der Waals surface area contributed by atoms with E-state index < -0.39 is 18.2 Å². The highest BCUT2D eigenvalue weighted by atomic mass is 16.5. The van der Waals surface area contributed by atoms with E-state index in [1.54, 1.807) is 26.0 Å². The molecule has 0 radical (unpaired) electrons. The molecule has 6 nitrogen and oxygen atoms in total. The molecule has 0 spiro atoms. The molecule has 0 fully saturated rings. The molecule has 0 aliphatic rings. The van der Waals surface area contributed by atoms with Crippen molar-refractivity contribution in [2.24, 2.45) is 0 Å². The molecule has 2 unspecified atom stereocenters. The molecular weight excluding hydrogens is 360 g/mol. The zero-order valence-electron chi connectivity index (χ0n) is 16.1. The fourth-order valence-electron chi connectivity index (χ4n) is 2.24. The molecule has 0 heterocycles. The molecular formula is C22H26O6. The van der Waals surface area contributed by atoms with Gasteiger partial charge >= 0.3 is 5.97 Å². The number of benzene rings is 2. The van der Waals surface area contributed by atoms with Crippen LogP contribution in [0.5, 0.6) is 11.5 Å². The van der Waals surface area contributed by atoms with Crippen LogP contribution in [0.4, 0.5) is 0 Å². The third kappa shape index (κ3) is 7.06. The lowest BCUT2D eigenvalue weighted by molar-refractivity contribution is -0.142. The minimum Gasteiger partial charge on any atom is -0.491 e. The number of hydrogen-bond donors (Lipinski definition) is 2. The van der Waals surface area contributed by atoms with E-state index in [1.165, 1.54) is 0 Å². The summed E-state index contributed by atoms with van der Waals surface area (Å²) >= 11 is 0. The van der Waals surface area contributed by atoms with Crippen LogP contribution in [0.15, 0.2) is 60.7 Å². The van der Waals surface area contributed by atoms with Crippen LogP contribution in [0.3, 0.4) is 0 Å². The number of rotatable bonds is 10. The minimum atomic E-state index is -0.919. The molecule has 2 aromatic rings. The van der Waals surface area contributed by atoms with Gasteiger partial charge in [-0.1, -0.05) is 30.8 Å². The number of aliphatic hydroxyl groups is 2. The highest BCUT2D eigenvalue weighted by Crippen LogP contribution is 2.24. The Balaban J connectivity index is 1.84. The number of carbonyl (C=O) groups excluding carboxylic acids is 1. The van der Waals surface area contributed by atoms with Crippen molar-refractivity contribution in [2.45, 2.75) is 26.1 Å². The van der Waals surface area contributed by atoms with Crippen molar-refractivity contribution in [3.8, 4) is 22.6 Å².